The van der Waals surface area contributed by atoms with Crippen LogP contribution in [0.5, 0.6) is 11.5 Å². The minimum absolute atomic E-state index is 0.0302. The number of carbonyl (C=O) groups excluding carboxylic acids is 1. The van der Waals surface area contributed by atoms with Crippen molar-refractivity contribution in [2.45, 2.75) is 13.8 Å². The third-order valence-corrected chi connectivity index (χ3v) is 2.80. The monoisotopic (exact) mass is 269 g/mol. The maximum Gasteiger partial charge on any atom is 0.165 e. The summed E-state index contributed by atoms with van der Waals surface area (Å²) in [5, 5.41) is 8.89. The molecule has 2 rings (SSSR count). The topological polar surface area (TPSA) is 50.1 Å². The van der Waals surface area contributed by atoms with Crippen LogP contribution in [0.3, 0.4) is 0 Å². The lowest BCUT2D eigenvalue weighted by molar-refractivity contribution is 0.101. The zero-order chi connectivity index (χ0) is 14.7. The quantitative estimate of drug-likeness (QED) is 0.791. The van der Waals surface area contributed by atoms with Crippen molar-refractivity contribution >= 4 is 5.78 Å². The average Bonchev–Trinajstić information content (AvgIpc) is 2.42. The fourth-order valence-corrected chi connectivity index (χ4v) is 1.77. The Labute approximate surface area is 116 Å². The van der Waals surface area contributed by atoms with Crippen LogP contribution in [0.2, 0.25) is 0 Å². The van der Waals surface area contributed by atoms with Gasteiger partial charge in [0.25, 0.3) is 0 Å². The van der Waals surface area contributed by atoms with Crippen LogP contribution in [-0.4, -0.2) is 5.78 Å². The van der Waals surface area contributed by atoms with Crippen molar-refractivity contribution in [2.24, 2.45) is 0 Å². The number of ether oxygens (including phenoxy) is 1. The summed E-state index contributed by atoms with van der Waals surface area (Å²) in [6, 6.07) is 10.9. The van der Waals surface area contributed by atoms with Crippen LogP contribution in [0.25, 0.3) is 0 Å². The molecule has 0 saturated heterocycles. The van der Waals surface area contributed by atoms with Crippen molar-refractivity contribution in [1.29, 1.82) is 5.26 Å². The van der Waals surface area contributed by atoms with E-state index in [2.05, 4.69) is 0 Å². The van der Waals surface area contributed by atoms with Gasteiger partial charge in [0.1, 0.15) is 5.75 Å². The van der Waals surface area contributed by atoms with Gasteiger partial charge in [0.15, 0.2) is 17.3 Å². The van der Waals surface area contributed by atoms with Gasteiger partial charge in [-0.05, 0) is 49.7 Å². The summed E-state index contributed by atoms with van der Waals surface area (Å²) in [5.74, 6) is -0.520. The van der Waals surface area contributed by atoms with E-state index in [0.29, 0.717) is 11.1 Å². The van der Waals surface area contributed by atoms with E-state index in [9.17, 15) is 9.18 Å². The molecule has 0 amide bonds. The highest BCUT2D eigenvalue weighted by Crippen LogP contribution is 2.29. The Morgan fingerprint density at radius 2 is 1.95 bits per heavy atom. The van der Waals surface area contributed by atoms with Gasteiger partial charge in [-0.1, -0.05) is 6.07 Å². The smallest absolute Gasteiger partial charge is 0.165 e. The Hall–Kier alpha value is -2.67. The van der Waals surface area contributed by atoms with Crippen LogP contribution in [0.1, 0.15) is 28.4 Å². The van der Waals surface area contributed by atoms with Crippen molar-refractivity contribution in [3.05, 3.63) is 58.9 Å². The van der Waals surface area contributed by atoms with Crippen LogP contribution in [0.4, 0.5) is 4.39 Å². The summed E-state index contributed by atoms with van der Waals surface area (Å²) >= 11 is 0. The van der Waals surface area contributed by atoms with Gasteiger partial charge < -0.3 is 4.74 Å². The fourth-order valence-electron chi connectivity index (χ4n) is 1.77. The van der Waals surface area contributed by atoms with Gasteiger partial charge in [0, 0.05) is 0 Å². The highest BCUT2D eigenvalue weighted by Gasteiger charge is 2.13. The summed E-state index contributed by atoms with van der Waals surface area (Å²) in [7, 11) is 0. The number of nitrogens with zero attached hydrogens (tertiary/aromatic N) is 1. The average molecular weight is 269 g/mol. The maximum atomic E-state index is 13.7. The molecular weight excluding hydrogens is 257 g/mol. The van der Waals surface area contributed by atoms with E-state index in [4.69, 9.17) is 10.00 Å². The highest BCUT2D eigenvalue weighted by molar-refractivity contribution is 5.97. The summed E-state index contributed by atoms with van der Waals surface area (Å²) in [6.07, 6.45) is 0. The van der Waals surface area contributed by atoms with E-state index in [1.165, 1.54) is 37.3 Å². The first kappa shape index (κ1) is 13.8. The van der Waals surface area contributed by atoms with Crippen molar-refractivity contribution < 1.29 is 13.9 Å². The van der Waals surface area contributed by atoms with Crippen LogP contribution >= 0.6 is 0 Å². The molecule has 0 heterocycles. The first-order chi connectivity index (χ1) is 9.51. The first-order valence-corrected chi connectivity index (χ1v) is 6.00. The fraction of sp³-hybridized carbons (Fsp3) is 0.125. The molecule has 0 atom stereocenters. The highest BCUT2D eigenvalue weighted by atomic mass is 19.1. The molecule has 0 N–H and O–H groups in total. The van der Waals surface area contributed by atoms with E-state index in [-0.39, 0.29) is 17.3 Å². The van der Waals surface area contributed by atoms with Gasteiger partial charge >= 0.3 is 0 Å². The molecule has 0 aliphatic carbocycles. The molecule has 2 aromatic rings. The van der Waals surface area contributed by atoms with E-state index < -0.39 is 5.82 Å². The molecule has 0 aliphatic rings. The molecular formula is C16H12FNO2. The lowest BCUT2D eigenvalue weighted by Gasteiger charge is -2.11. The zero-order valence-electron chi connectivity index (χ0n) is 11.1. The minimum Gasteiger partial charge on any atom is -0.453 e. The molecule has 0 fully saturated rings. The second-order valence-corrected chi connectivity index (χ2v) is 4.41. The molecule has 0 aromatic heterocycles. The van der Waals surface area contributed by atoms with Crippen LogP contribution in [0.15, 0.2) is 36.4 Å². The Kier molecular flexibility index (Phi) is 3.81. The minimum atomic E-state index is -0.521. The second kappa shape index (κ2) is 5.54. The van der Waals surface area contributed by atoms with Crippen molar-refractivity contribution in [3.8, 4) is 17.6 Å². The van der Waals surface area contributed by atoms with Crippen LogP contribution in [-0.2, 0) is 0 Å². The number of benzene rings is 2. The summed E-state index contributed by atoms with van der Waals surface area (Å²) in [6.45, 7) is 3.20. The predicted molar refractivity (Wildman–Crippen MR) is 72.4 cm³/mol. The molecule has 3 nitrogen and oxygen atoms in total. The standard InChI is InChI=1S/C16H12FNO2/c1-10-3-6-14(17)16(7-10)20-15-8-12(9-18)4-5-13(15)11(2)19/h3-8H,1-2H3. The lowest BCUT2D eigenvalue weighted by Crippen LogP contribution is -1.99. The Morgan fingerprint density at radius 1 is 1.20 bits per heavy atom. The molecule has 0 radical (unpaired) electrons. The third kappa shape index (κ3) is 2.83. The van der Waals surface area contributed by atoms with Gasteiger partial charge in [-0.2, -0.15) is 5.26 Å². The van der Waals surface area contributed by atoms with E-state index in [0.717, 1.165) is 5.56 Å². The molecule has 0 saturated carbocycles. The Bertz CT molecular complexity index is 717. The predicted octanol–water partition coefficient (Wildman–Crippen LogP) is 4.00. The molecule has 100 valence electrons. The van der Waals surface area contributed by atoms with E-state index in [1.807, 2.05) is 13.0 Å². The summed E-state index contributed by atoms with van der Waals surface area (Å²) in [4.78, 5) is 11.6. The maximum absolute atomic E-state index is 13.7. The zero-order valence-corrected chi connectivity index (χ0v) is 11.1. The number of aryl methyl sites for hydroxylation is 1. The Morgan fingerprint density at radius 3 is 2.60 bits per heavy atom. The number of ketones is 1. The van der Waals surface area contributed by atoms with Gasteiger partial charge in [0.05, 0.1) is 17.2 Å². The molecule has 2 aromatic carbocycles. The van der Waals surface area contributed by atoms with Crippen LogP contribution < -0.4 is 4.74 Å². The third-order valence-electron chi connectivity index (χ3n) is 2.80. The summed E-state index contributed by atoms with van der Waals surface area (Å²) in [5.41, 5.74) is 1.49. The lowest BCUT2D eigenvalue weighted by atomic mass is 10.1. The molecule has 0 aliphatic heterocycles. The summed E-state index contributed by atoms with van der Waals surface area (Å²) < 4.78 is 19.2. The largest absolute Gasteiger partial charge is 0.453 e. The normalized spacial score (nSPS) is 9.90. The number of Topliss-reactive ketones (excluding diaryl/α,β-unsaturated/α-hetero) is 1. The molecule has 0 spiro atoms. The number of nitriles is 1. The number of hydrogen-bond donors (Lipinski definition) is 0. The van der Waals surface area contributed by atoms with Crippen molar-refractivity contribution in [3.63, 3.8) is 0 Å². The van der Waals surface area contributed by atoms with Gasteiger partial charge in [-0.3, -0.25) is 4.79 Å². The second-order valence-electron chi connectivity index (χ2n) is 4.41. The number of halogens is 1. The Balaban J connectivity index is 2.49. The van der Waals surface area contributed by atoms with Gasteiger partial charge in [0.2, 0.25) is 0 Å². The number of rotatable bonds is 3. The molecule has 0 unspecified atom stereocenters. The SMILES string of the molecule is CC(=O)c1ccc(C#N)cc1Oc1cc(C)ccc1F. The van der Waals surface area contributed by atoms with Crippen molar-refractivity contribution in [2.75, 3.05) is 0 Å². The molecule has 4 heteroatoms. The first-order valence-electron chi connectivity index (χ1n) is 6.00. The molecule has 0 bridgehead atoms. The van der Waals surface area contributed by atoms with E-state index in [1.54, 1.807) is 6.07 Å². The van der Waals surface area contributed by atoms with Gasteiger partial charge in [-0.15, -0.1) is 0 Å². The van der Waals surface area contributed by atoms with Crippen molar-refractivity contribution in [1.82, 2.24) is 0 Å². The van der Waals surface area contributed by atoms with Crippen LogP contribution in [0, 0.1) is 24.1 Å². The number of hydrogen-bond acceptors (Lipinski definition) is 3. The molecule has 20 heavy (non-hydrogen) atoms. The number of carbonyl (C=O) groups is 1. The van der Waals surface area contributed by atoms with Gasteiger partial charge in [-0.25, -0.2) is 4.39 Å². The van der Waals surface area contributed by atoms with E-state index >= 15 is 0 Å².